The van der Waals surface area contributed by atoms with E-state index in [2.05, 4.69) is 20.7 Å². The lowest BCUT2D eigenvalue weighted by Crippen LogP contribution is -2.20. The van der Waals surface area contributed by atoms with Crippen LogP contribution in [0.4, 0.5) is 4.39 Å². The number of hydrogen-bond acceptors (Lipinski definition) is 7. The molecular weight excluding hydrogens is 469 g/mol. The Balaban J connectivity index is 1.52. The summed E-state index contributed by atoms with van der Waals surface area (Å²) < 4.78 is 25.4. The minimum absolute atomic E-state index is 0.0671. The van der Waals surface area contributed by atoms with Gasteiger partial charge in [0.15, 0.2) is 11.0 Å². The average Bonchev–Trinajstić information content (AvgIpc) is 3.32. The van der Waals surface area contributed by atoms with Crippen LogP contribution in [0.3, 0.4) is 0 Å². The number of nitrogens with one attached hydrogen (secondary N) is 1. The molecule has 178 valence electrons. The predicted molar refractivity (Wildman–Crippen MR) is 133 cm³/mol. The standard InChI is InChI=1S/C25H22FN5O3S/c1-33-21-11-5-18(6-12-21)24-29-30-25(31(24)20-9-13-22(34-2)14-10-20)35-16-23(32)28-27-15-17-3-7-19(26)8-4-17/h3-15H,16H2,1-2H3,(H,28,32)/b27-15-. The number of carbonyl (C=O) groups is 1. The van der Waals surface area contributed by atoms with Gasteiger partial charge in [0.1, 0.15) is 17.3 Å². The normalized spacial score (nSPS) is 10.9. The summed E-state index contributed by atoms with van der Waals surface area (Å²) in [5.74, 6) is 1.49. The van der Waals surface area contributed by atoms with Gasteiger partial charge in [-0.2, -0.15) is 5.10 Å². The third-order valence-electron chi connectivity index (χ3n) is 4.92. The van der Waals surface area contributed by atoms with E-state index in [0.29, 0.717) is 16.5 Å². The highest BCUT2D eigenvalue weighted by Gasteiger charge is 2.17. The van der Waals surface area contributed by atoms with Crippen LogP contribution in [-0.2, 0) is 4.79 Å². The van der Waals surface area contributed by atoms with Crippen molar-refractivity contribution in [3.63, 3.8) is 0 Å². The number of carbonyl (C=O) groups excluding carboxylic acids is 1. The number of halogens is 1. The van der Waals surface area contributed by atoms with Crippen LogP contribution in [0.1, 0.15) is 5.56 Å². The van der Waals surface area contributed by atoms with E-state index < -0.39 is 0 Å². The molecule has 3 aromatic carbocycles. The van der Waals surface area contributed by atoms with Crippen molar-refractivity contribution in [1.29, 1.82) is 0 Å². The van der Waals surface area contributed by atoms with Gasteiger partial charge in [0.05, 0.1) is 26.2 Å². The van der Waals surface area contributed by atoms with E-state index in [1.165, 1.54) is 30.1 Å². The molecule has 1 aromatic heterocycles. The maximum atomic E-state index is 13.0. The second-order valence-corrected chi connectivity index (χ2v) is 8.14. The maximum Gasteiger partial charge on any atom is 0.250 e. The molecular formula is C25H22FN5O3S. The Kier molecular flexibility index (Phi) is 7.74. The van der Waals surface area contributed by atoms with E-state index in [1.807, 2.05) is 53.1 Å². The molecule has 0 aliphatic rings. The molecule has 0 aliphatic carbocycles. The number of thioether (sulfide) groups is 1. The molecule has 35 heavy (non-hydrogen) atoms. The maximum absolute atomic E-state index is 13.0. The summed E-state index contributed by atoms with van der Waals surface area (Å²) in [4.78, 5) is 12.3. The number of ether oxygens (including phenoxy) is 2. The Morgan fingerprint density at radius 3 is 2.23 bits per heavy atom. The molecule has 4 rings (SSSR count). The molecule has 10 heteroatoms. The Labute approximate surface area is 205 Å². The van der Waals surface area contributed by atoms with Gasteiger partial charge in [-0.3, -0.25) is 9.36 Å². The summed E-state index contributed by atoms with van der Waals surface area (Å²) in [6.07, 6.45) is 1.45. The summed E-state index contributed by atoms with van der Waals surface area (Å²) in [6.45, 7) is 0. The summed E-state index contributed by atoms with van der Waals surface area (Å²) in [5.41, 5.74) is 4.80. The van der Waals surface area contributed by atoms with Crippen LogP contribution in [0, 0.1) is 5.82 Å². The van der Waals surface area contributed by atoms with E-state index in [1.54, 1.807) is 26.4 Å². The van der Waals surface area contributed by atoms with Crippen LogP contribution in [0.2, 0.25) is 0 Å². The van der Waals surface area contributed by atoms with Crippen LogP contribution < -0.4 is 14.9 Å². The Hall–Kier alpha value is -4.18. The highest BCUT2D eigenvalue weighted by Crippen LogP contribution is 2.29. The third kappa shape index (κ3) is 6.04. The molecule has 8 nitrogen and oxygen atoms in total. The van der Waals surface area contributed by atoms with Crippen LogP contribution in [-0.4, -0.2) is 46.9 Å². The van der Waals surface area contributed by atoms with Gasteiger partial charge in [-0.1, -0.05) is 23.9 Å². The fourth-order valence-electron chi connectivity index (χ4n) is 3.14. The third-order valence-corrected chi connectivity index (χ3v) is 5.85. The molecule has 0 spiro atoms. The number of aromatic nitrogens is 3. The smallest absolute Gasteiger partial charge is 0.250 e. The fourth-order valence-corrected chi connectivity index (χ4v) is 3.89. The lowest BCUT2D eigenvalue weighted by atomic mass is 10.2. The van der Waals surface area contributed by atoms with Gasteiger partial charge in [-0.05, 0) is 66.2 Å². The zero-order chi connectivity index (χ0) is 24.6. The molecule has 0 unspecified atom stereocenters. The fraction of sp³-hybridized carbons (Fsp3) is 0.120. The molecule has 0 atom stereocenters. The average molecular weight is 492 g/mol. The predicted octanol–water partition coefficient (Wildman–Crippen LogP) is 4.33. The van der Waals surface area contributed by atoms with E-state index in [0.717, 1.165) is 22.7 Å². The number of benzene rings is 3. The van der Waals surface area contributed by atoms with Gasteiger partial charge in [0.2, 0.25) is 0 Å². The van der Waals surface area contributed by atoms with Crippen molar-refractivity contribution < 1.29 is 18.7 Å². The van der Waals surface area contributed by atoms with Crippen molar-refractivity contribution in [1.82, 2.24) is 20.2 Å². The van der Waals surface area contributed by atoms with Crippen LogP contribution in [0.15, 0.2) is 83.1 Å². The van der Waals surface area contributed by atoms with Gasteiger partial charge in [0, 0.05) is 11.3 Å². The van der Waals surface area contributed by atoms with E-state index in [9.17, 15) is 9.18 Å². The number of hydrogen-bond donors (Lipinski definition) is 1. The zero-order valence-corrected chi connectivity index (χ0v) is 19.8. The van der Waals surface area contributed by atoms with Crippen molar-refractivity contribution in [2.45, 2.75) is 5.16 Å². The molecule has 0 bridgehead atoms. The van der Waals surface area contributed by atoms with E-state index >= 15 is 0 Å². The molecule has 1 heterocycles. The van der Waals surface area contributed by atoms with Gasteiger partial charge in [-0.25, -0.2) is 9.82 Å². The molecule has 0 saturated heterocycles. The molecule has 4 aromatic rings. The first kappa shape index (κ1) is 24.0. The summed E-state index contributed by atoms with van der Waals surface area (Å²) in [7, 11) is 3.22. The first-order valence-electron chi connectivity index (χ1n) is 10.5. The van der Waals surface area contributed by atoms with Crippen LogP contribution in [0.25, 0.3) is 17.1 Å². The van der Waals surface area contributed by atoms with Gasteiger partial charge >= 0.3 is 0 Å². The number of hydrazone groups is 1. The topological polar surface area (TPSA) is 90.6 Å². The number of amides is 1. The van der Waals surface area contributed by atoms with Gasteiger partial charge in [-0.15, -0.1) is 10.2 Å². The molecule has 0 fully saturated rings. The van der Waals surface area contributed by atoms with Crippen molar-refractivity contribution in [3.8, 4) is 28.6 Å². The van der Waals surface area contributed by atoms with Crippen molar-refractivity contribution in [2.75, 3.05) is 20.0 Å². The molecule has 1 N–H and O–H groups in total. The summed E-state index contributed by atoms with van der Waals surface area (Å²) >= 11 is 1.23. The van der Waals surface area contributed by atoms with Gasteiger partial charge < -0.3 is 9.47 Å². The van der Waals surface area contributed by atoms with E-state index in [4.69, 9.17) is 9.47 Å². The number of nitrogens with zero attached hydrogens (tertiary/aromatic N) is 4. The van der Waals surface area contributed by atoms with E-state index in [-0.39, 0.29) is 17.5 Å². The monoisotopic (exact) mass is 491 g/mol. The number of rotatable bonds is 9. The second-order valence-electron chi connectivity index (χ2n) is 7.20. The lowest BCUT2D eigenvalue weighted by Gasteiger charge is -2.11. The Bertz CT molecular complexity index is 1310. The molecule has 0 saturated carbocycles. The molecule has 0 aliphatic heterocycles. The van der Waals surface area contributed by atoms with Crippen LogP contribution >= 0.6 is 11.8 Å². The van der Waals surface area contributed by atoms with Crippen molar-refractivity contribution in [3.05, 3.63) is 84.2 Å². The highest BCUT2D eigenvalue weighted by atomic mass is 32.2. The van der Waals surface area contributed by atoms with Gasteiger partial charge in [0.25, 0.3) is 5.91 Å². The highest BCUT2D eigenvalue weighted by molar-refractivity contribution is 7.99. The Morgan fingerprint density at radius 2 is 1.60 bits per heavy atom. The number of methoxy groups -OCH3 is 2. The SMILES string of the molecule is COc1ccc(-c2nnc(SCC(=O)N/N=C\c3ccc(F)cc3)n2-c2ccc(OC)cc2)cc1. The second kappa shape index (κ2) is 11.3. The summed E-state index contributed by atoms with van der Waals surface area (Å²) in [5, 5.41) is 13.2. The summed E-state index contributed by atoms with van der Waals surface area (Å²) in [6, 6.07) is 20.8. The quantitative estimate of drug-likeness (QED) is 0.213. The van der Waals surface area contributed by atoms with Crippen molar-refractivity contribution >= 4 is 23.9 Å². The molecule has 0 radical (unpaired) electrons. The lowest BCUT2D eigenvalue weighted by molar-refractivity contribution is -0.118. The molecule has 1 amide bonds. The minimum Gasteiger partial charge on any atom is -0.497 e. The minimum atomic E-state index is -0.336. The first-order valence-corrected chi connectivity index (χ1v) is 11.5. The first-order chi connectivity index (χ1) is 17.1. The zero-order valence-electron chi connectivity index (χ0n) is 19.0. The largest absolute Gasteiger partial charge is 0.497 e. The Morgan fingerprint density at radius 1 is 0.971 bits per heavy atom. The van der Waals surface area contributed by atoms with Crippen molar-refractivity contribution in [2.24, 2.45) is 5.10 Å². The van der Waals surface area contributed by atoms with Crippen LogP contribution in [0.5, 0.6) is 11.5 Å².